The maximum atomic E-state index is 14.9. The molecule has 1 saturated carbocycles. The average Bonchev–Trinajstić information content (AvgIpc) is 2.94. The summed E-state index contributed by atoms with van der Waals surface area (Å²) in [4.78, 5) is 12.4. The molecule has 0 radical (unpaired) electrons. The first-order valence-corrected chi connectivity index (χ1v) is 13.5. The van der Waals surface area contributed by atoms with Gasteiger partial charge in [-0.05, 0) is 44.4 Å². The minimum atomic E-state index is -2.35. The summed E-state index contributed by atoms with van der Waals surface area (Å²) in [5.74, 6) is -20.6. The van der Waals surface area contributed by atoms with Crippen LogP contribution >= 0.6 is 0 Å². The zero-order valence-electron chi connectivity index (χ0n) is 22.0. The Bertz CT molecular complexity index is 1130. The molecule has 0 aliphatic heterocycles. The van der Waals surface area contributed by atoms with Crippen LogP contribution < -0.4 is 4.74 Å². The first kappa shape index (κ1) is 30.9. The van der Waals surface area contributed by atoms with Crippen LogP contribution in [0, 0.1) is 58.4 Å². The van der Waals surface area contributed by atoms with Crippen molar-refractivity contribution in [1.29, 1.82) is 0 Å². The number of carbonyl (C=O) groups excluding carboxylic acids is 1. The van der Waals surface area contributed by atoms with Gasteiger partial charge in [0.1, 0.15) is 0 Å². The van der Waals surface area contributed by atoms with Gasteiger partial charge in [0, 0.05) is 5.56 Å². The number of ether oxygens (including phenoxy) is 1. The minimum Gasteiger partial charge on any atom is -0.420 e. The summed E-state index contributed by atoms with van der Waals surface area (Å²) in [6, 6.07) is 0. The number of rotatable bonds is 11. The third-order valence-corrected chi connectivity index (χ3v) is 7.57. The summed E-state index contributed by atoms with van der Waals surface area (Å²) >= 11 is 0. The maximum absolute atomic E-state index is 14.9. The number of esters is 1. The molecule has 0 spiro atoms. The van der Waals surface area contributed by atoms with Crippen LogP contribution in [-0.4, -0.2) is 5.97 Å². The van der Waals surface area contributed by atoms with Crippen molar-refractivity contribution in [2.75, 3.05) is 0 Å². The maximum Gasteiger partial charge on any atom is 0.314 e. The molecule has 1 aliphatic rings. The molecule has 1 aliphatic carbocycles. The summed E-state index contributed by atoms with van der Waals surface area (Å²) in [5, 5.41) is 0. The van der Waals surface area contributed by atoms with E-state index in [4.69, 9.17) is 0 Å². The van der Waals surface area contributed by atoms with Gasteiger partial charge >= 0.3 is 5.97 Å². The van der Waals surface area contributed by atoms with Crippen molar-refractivity contribution in [3.05, 3.63) is 52.1 Å². The molecule has 216 valence electrons. The number of benzene rings is 2. The van der Waals surface area contributed by atoms with Crippen LogP contribution in [0.5, 0.6) is 5.75 Å². The van der Waals surface area contributed by atoms with Gasteiger partial charge in [0.05, 0.1) is 17.0 Å². The fourth-order valence-corrected chi connectivity index (χ4v) is 5.11. The lowest BCUT2D eigenvalue weighted by molar-refractivity contribution is -0.140. The summed E-state index contributed by atoms with van der Waals surface area (Å²) < 4.78 is 123. The highest BCUT2D eigenvalue weighted by molar-refractivity contribution is 5.76. The van der Waals surface area contributed by atoms with Gasteiger partial charge in [0.25, 0.3) is 0 Å². The van der Waals surface area contributed by atoms with Crippen LogP contribution in [-0.2, 0) is 11.2 Å². The van der Waals surface area contributed by atoms with Gasteiger partial charge in [-0.1, -0.05) is 52.4 Å². The van der Waals surface area contributed by atoms with E-state index in [9.17, 15) is 39.9 Å². The van der Waals surface area contributed by atoms with E-state index in [1.807, 2.05) is 13.8 Å². The van der Waals surface area contributed by atoms with E-state index in [-0.39, 0.29) is 12.8 Å². The number of unbranched alkanes of at least 4 members (excludes halogenated alkanes) is 5. The summed E-state index contributed by atoms with van der Waals surface area (Å²) in [6.45, 7) is 3.98. The molecule has 10 heteroatoms. The number of hydrogen-bond acceptors (Lipinski definition) is 2. The molecule has 2 nitrogen and oxygen atoms in total. The molecule has 0 saturated heterocycles. The number of carbonyl (C=O) groups is 1. The molecule has 0 unspecified atom stereocenters. The Morgan fingerprint density at radius 2 is 1.10 bits per heavy atom. The van der Waals surface area contributed by atoms with E-state index >= 15 is 0 Å². The first-order chi connectivity index (χ1) is 18.5. The van der Waals surface area contributed by atoms with Crippen LogP contribution in [0.25, 0.3) is 11.1 Å². The molecule has 2 aromatic rings. The van der Waals surface area contributed by atoms with Crippen LogP contribution in [0.1, 0.15) is 90.0 Å². The van der Waals surface area contributed by atoms with E-state index in [1.165, 1.54) is 0 Å². The highest BCUT2D eigenvalue weighted by atomic mass is 19.2. The second-order valence-corrected chi connectivity index (χ2v) is 10.1. The van der Waals surface area contributed by atoms with Crippen LogP contribution in [0.3, 0.4) is 0 Å². The van der Waals surface area contributed by atoms with Gasteiger partial charge in [0.2, 0.25) is 17.4 Å². The normalized spacial score (nSPS) is 17.5. The summed E-state index contributed by atoms with van der Waals surface area (Å²) in [7, 11) is 0. The standard InChI is InChI=1S/C29H32F8O2/c1-3-5-6-7-8-9-10-17-20(30)22(32)18(23(33)21(17)31)19-24(34)26(36)28(27(37)25(19)35)39-29(38)16-13-11-15(4-2)12-14-16/h15-16H,3-14H2,1-2H3. The first-order valence-electron chi connectivity index (χ1n) is 13.5. The van der Waals surface area contributed by atoms with E-state index in [1.54, 1.807) is 0 Å². The van der Waals surface area contributed by atoms with Crippen molar-refractivity contribution < 1.29 is 44.7 Å². The Labute approximate surface area is 222 Å². The molecule has 2 aromatic carbocycles. The molecule has 0 N–H and O–H groups in total. The zero-order valence-corrected chi connectivity index (χ0v) is 22.0. The number of hydrogen-bond donors (Lipinski definition) is 0. The van der Waals surface area contributed by atoms with E-state index in [0.717, 1.165) is 32.1 Å². The predicted molar refractivity (Wildman–Crippen MR) is 130 cm³/mol. The highest BCUT2D eigenvalue weighted by Gasteiger charge is 2.36. The van der Waals surface area contributed by atoms with Crippen LogP contribution in [0.2, 0.25) is 0 Å². The Morgan fingerprint density at radius 1 is 0.641 bits per heavy atom. The predicted octanol–water partition coefficient (Wildman–Crippen LogP) is 9.49. The lowest BCUT2D eigenvalue weighted by Gasteiger charge is -2.26. The van der Waals surface area contributed by atoms with Gasteiger partial charge < -0.3 is 4.74 Å². The second kappa shape index (κ2) is 13.6. The van der Waals surface area contributed by atoms with Crippen molar-refractivity contribution in [3.8, 4) is 16.9 Å². The Hall–Kier alpha value is -2.65. The van der Waals surface area contributed by atoms with Gasteiger partial charge in [0.15, 0.2) is 34.9 Å². The van der Waals surface area contributed by atoms with Gasteiger partial charge in [-0.2, -0.15) is 8.78 Å². The molecule has 39 heavy (non-hydrogen) atoms. The van der Waals surface area contributed by atoms with Gasteiger partial charge in [-0.15, -0.1) is 0 Å². The number of halogens is 8. The largest absolute Gasteiger partial charge is 0.420 e. The molecule has 0 aromatic heterocycles. The summed E-state index contributed by atoms with van der Waals surface area (Å²) in [6.07, 6.45) is 6.80. The van der Waals surface area contributed by atoms with Crippen molar-refractivity contribution >= 4 is 5.97 Å². The molecule has 3 rings (SSSR count). The van der Waals surface area contributed by atoms with Crippen molar-refractivity contribution in [1.82, 2.24) is 0 Å². The van der Waals surface area contributed by atoms with Gasteiger partial charge in [-0.3, -0.25) is 4.79 Å². The van der Waals surface area contributed by atoms with E-state index in [2.05, 4.69) is 4.74 Å². The molecule has 1 fully saturated rings. The molecular weight excluding hydrogens is 532 g/mol. The SMILES string of the molecule is CCCCCCCCc1c(F)c(F)c(-c2c(F)c(F)c(OC(=O)C3CCC(CC)CC3)c(F)c2F)c(F)c1F. The summed E-state index contributed by atoms with van der Waals surface area (Å²) in [5.41, 5.74) is -4.87. The van der Waals surface area contributed by atoms with Crippen molar-refractivity contribution in [2.45, 2.75) is 90.9 Å². The molecule has 0 atom stereocenters. The fraction of sp³-hybridized carbons (Fsp3) is 0.552. The lowest BCUT2D eigenvalue weighted by atomic mass is 9.81. The second-order valence-electron chi connectivity index (χ2n) is 10.1. The van der Waals surface area contributed by atoms with Crippen molar-refractivity contribution in [3.63, 3.8) is 0 Å². The lowest BCUT2D eigenvalue weighted by Crippen LogP contribution is -2.26. The third-order valence-electron chi connectivity index (χ3n) is 7.57. The van der Waals surface area contributed by atoms with Crippen molar-refractivity contribution in [2.24, 2.45) is 11.8 Å². The Kier molecular flexibility index (Phi) is 10.8. The van der Waals surface area contributed by atoms with Gasteiger partial charge in [-0.25, -0.2) is 26.3 Å². The zero-order chi connectivity index (χ0) is 28.9. The highest BCUT2D eigenvalue weighted by Crippen LogP contribution is 2.41. The van der Waals surface area contributed by atoms with E-state index < -0.39 is 80.9 Å². The third kappa shape index (κ3) is 6.57. The monoisotopic (exact) mass is 564 g/mol. The molecular formula is C29H32F8O2. The Balaban J connectivity index is 1.92. The average molecular weight is 565 g/mol. The minimum absolute atomic E-state index is 0.196. The topological polar surface area (TPSA) is 26.3 Å². The molecule has 0 amide bonds. The molecule has 0 bridgehead atoms. The van der Waals surface area contributed by atoms with E-state index in [0.29, 0.717) is 38.0 Å². The van der Waals surface area contributed by atoms with Crippen LogP contribution in [0.15, 0.2) is 0 Å². The Morgan fingerprint density at radius 3 is 1.59 bits per heavy atom. The van der Waals surface area contributed by atoms with Crippen LogP contribution in [0.4, 0.5) is 35.1 Å². The smallest absolute Gasteiger partial charge is 0.314 e. The molecule has 0 heterocycles. The quantitative estimate of drug-likeness (QED) is 0.0893. The fourth-order valence-electron chi connectivity index (χ4n) is 5.11.